The number of amides is 1. The van der Waals surface area contributed by atoms with Gasteiger partial charge in [-0.15, -0.1) is 0 Å². The second kappa shape index (κ2) is 3.14. The second-order valence-electron chi connectivity index (χ2n) is 2.97. The molecule has 0 unspecified atom stereocenters. The van der Waals surface area contributed by atoms with Crippen LogP contribution in [0, 0.1) is 0 Å². The molecular weight excluding hydrogens is 182 g/mol. The number of ketones is 1. The average molecular weight is 191 g/mol. The number of para-hydroxylation sites is 1. The fourth-order valence-corrected chi connectivity index (χ4v) is 1.44. The highest BCUT2D eigenvalue weighted by Crippen LogP contribution is 2.29. The smallest absolute Gasteiger partial charge is 0.254 e. The first-order valence-corrected chi connectivity index (χ1v) is 4.25. The van der Waals surface area contributed by atoms with E-state index in [0.717, 1.165) is 0 Å². The molecule has 1 aliphatic rings. The highest BCUT2D eigenvalue weighted by molar-refractivity contribution is 6.07. The number of hydrogen-bond donors (Lipinski definition) is 1. The Morgan fingerprint density at radius 3 is 3.00 bits per heavy atom. The van der Waals surface area contributed by atoms with Gasteiger partial charge in [0.05, 0.1) is 11.1 Å². The summed E-state index contributed by atoms with van der Waals surface area (Å²) in [6.45, 7) is 0.0311. The number of fused-ring (bicyclic) bond motifs is 1. The molecule has 0 saturated carbocycles. The van der Waals surface area contributed by atoms with Crippen LogP contribution < -0.4 is 10.1 Å². The highest BCUT2D eigenvalue weighted by Gasteiger charge is 2.25. The Bertz CT molecular complexity index is 412. The molecule has 0 fully saturated rings. The molecule has 14 heavy (non-hydrogen) atoms. The van der Waals surface area contributed by atoms with Crippen LogP contribution in [-0.4, -0.2) is 25.3 Å². The van der Waals surface area contributed by atoms with Gasteiger partial charge in [-0.2, -0.15) is 0 Å². The van der Waals surface area contributed by atoms with Crippen molar-refractivity contribution in [3.63, 3.8) is 0 Å². The molecule has 1 heterocycles. The Balaban J connectivity index is 2.54. The van der Waals surface area contributed by atoms with E-state index in [-0.39, 0.29) is 18.3 Å². The lowest BCUT2D eigenvalue weighted by molar-refractivity contribution is 0.0942. The van der Waals surface area contributed by atoms with Crippen molar-refractivity contribution in [2.75, 3.05) is 13.7 Å². The number of nitrogens with one attached hydrogen (secondary N) is 1. The van der Waals surface area contributed by atoms with Crippen LogP contribution in [0.4, 0.5) is 0 Å². The molecule has 0 aliphatic carbocycles. The standard InChI is InChI=1S/C10H9NO3/c1-11-10(13)7-4-2-3-6-8(12)5-14-9(6)7/h2-4H,5H2,1H3,(H,11,13). The van der Waals surface area contributed by atoms with Gasteiger partial charge in [-0.05, 0) is 12.1 Å². The molecule has 0 spiro atoms. The van der Waals surface area contributed by atoms with Gasteiger partial charge < -0.3 is 10.1 Å². The van der Waals surface area contributed by atoms with Gasteiger partial charge in [0.1, 0.15) is 5.75 Å². The topological polar surface area (TPSA) is 55.4 Å². The lowest BCUT2D eigenvalue weighted by Gasteiger charge is -2.04. The molecule has 4 nitrogen and oxygen atoms in total. The molecule has 4 heteroatoms. The van der Waals surface area contributed by atoms with Crippen molar-refractivity contribution in [1.82, 2.24) is 5.32 Å². The summed E-state index contributed by atoms with van der Waals surface area (Å²) in [6, 6.07) is 4.98. The third-order valence-corrected chi connectivity index (χ3v) is 2.13. The zero-order valence-electron chi connectivity index (χ0n) is 7.66. The van der Waals surface area contributed by atoms with E-state index in [2.05, 4.69) is 5.32 Å². The lowest BCUT2D eigenvalue weighted by Crippen LogP contribution is -2.18. The van der Waals surface area contributed by atoms with Gasteiger partial charge >= 0.3 is 0 Å². The van der Waals surface area contributed by atoms with Crippen LogP contribution in [0.15, 0.2) is 18.2 Å². The first kappa shape index (κ1) is 8.74. The van der Waals surface area contributed by atoms with Crippen LogP contribution in [0.3, 0.4) is 0 Å². The third kappa shape index (κ3) is 1.16. The van der Waals surface area contributed by atoms with Crippen molar-refractivity contribution in [3.8, 4) is 5.75 Å². The molecule has 72 valence electrons. The van der Waals surface area contributed by atoms with E-state index in [1.165, 1.54) is 0 Å². The monoisotopic (exact) mass is 191 g/mol. The molecule has 0 saturated heterocycles. The van der Waals surface area contributed by atoms with Crippen LogP contribution in [-0.2, 0) is 0 Å². The molecule has 1 amide bonds. The molecule has 0 atom stereocenters. The SMILES string of the molecule is CNC(=O)c1cccc2c1OCC2=O. The Hall–Kier alpha value is -1.84. The van der Waals surface area contributed by atoms with Gasteiger partial charge in [-0.1, -0.05) is 6.07 Å². The van der Waals surface area contributed by atoms with Gasteiger partial charge in [0.25, 0.3) is 5.91 Å². The molecule has 0 bridgehead atoms. The van der Waals surface area contributed by atoms with Crippen molar-refractivity contribution in [1.29, 1.82) is 0 Å². The van der Waals surface area contributed by atoms with Crippen molar-refractivity contribution >= 4 is 11.7 Å². The van der Waals surface area contributed by atoms with Crippen LogP contribution in [0.2, 0.25) is 0 Å². The lowest BCUT2D eigenvalue weighted by atomic mass is 10.1. The maximum Gasteiger partial charge on any atom is 0.254 e. The fraction of sp³-hybridized carbons (Fsp3) is 0.200. The van der Waals surface area contributed by atoms with E-state index in [1.807, 2.05) is 0 Å². The molecule has 1 aromatic rings. The average Bonchev–Trinajstić information content (AvgIpc) is 2.59. The van der Waals surface area contributed by atoms with Gasteiger partial charge in [0, 0.05) is 7.05 Å². The summed E-state index contributed by atoms with van der Waals surface area (Å²) in [5, 5.41) is 2.50. The zero-order valence-corrected chi connectivity index (χ0v) is 7.66. The maximum atomic E-state index is 11.4. The second-order valence-corrected chi connectivity index (χ2v) is 2.97. The first-order chi connectivity index (χ1) is 6.74. The van der Waals surface area contributed by atoms with E-state index in [0.29, 0.717) is 16.9 Å². The van der Waals surface area contributed by atoms with Crippen molar-refractivity contribution in [2.45, 2.75) is 0 Å². The zero-order chi connectivity index (χ0) is 10.1. The van der Waals surface area contributed by atoms with Crippen LogP contribution in [0.1, 0.15) is 20.7 Å². The van der Waals surface area contributed by atoms with Crippen LogP contribution >= 0.6 is 0 Å². The predicted octanol–water partition coefficient (Wildman–Crippen LogP) is 0.621. The Labute approximate surface area is 80.9 Å². The Morgan fingerprint density at radius 2 is 2.29 bits per heavy atom. The van der Waals surface area contributed by atoms with Crippen molar-refractivity contribution < 1.29 is 14.3 Å². The summed E-state index contributed by atoms with van der Waals surface area (Å²) >= 11 is 0. The molecule has 1 aliphatic heterocycles. The van der Waals surface area contributed by atoms with Crippen LogP contribution in [0.25, 0.3) is 0 Å². The van der Waals surface area contributed by atoms with E-state index < -0.39 is 0 Å². The number of rotatable bonds is 1. The summed E-state index contributed by atoms with van der Waals surface area (Å²) < 4.78 is 5.15. The van der Waals surface area contributed by atoms with Crippen LogP contribution in [0.5, 0.6) is 5.75 Å². The van der Waals surface area contributed by atoms with Gasteiger partial charge in [0.2, 0.25) is 5.78 Å². The maximum absolute atomic E-state index is 11.4. The largest absolute Gasteiger partial charge is 0.484 e. The minimum atomic E-state index is -0.239. The number of hydrogen-bond acceptors (Lipinski definition) is 3. The van der Waals surface area contributed by atoms with Crippen molar-refractivity contribution in [3.05, 3.63) is 29.3 Å². The van der Waals surface area contributed by atoms with E-state index in [4.69, 9.17) is 4.74 Å². The Kier molecular flexibility index (Phi) is 1.96. The van der Waals surface area contributed by atoms with E-state index in [1.54, 1.807) is 25.2 Å². The van der Waals surface area contributed by atoms with E-state index >= 15 is 0 Å². The minimum Gasteiger partial charge on any atom is -0.484 e. The number of benzene rings is 1. The number of Topliss-reactive ketones (excluding diaryl/α,β-unsaturated/α-hetero) is 1. The number of carbonyl (C=O) groups is 2. The first-order valence-electron chi connectivity index (χ1n) is 4.25. The van der Waals surface area contributed by atoms with Gasteiger partial charge in [-0.25, -0.2) is 0 Å². The van der Waals surface area contributed by atoms with Gasteiger partial charge in [0.15, 0.2) is 6.61 Å². The fourth-order valence-electron chi connectivity index (χ4n) is 1.44. The van der Waals surface area contributed by atoms with Crippen molar-refractivity contribution in [2.24, 2.45) is 0 Å². The molecule has 1 aromatic carbocycles. The summed E-state index contributed by atoms with van der Waals surface area (Å²) in [7, 11) is 1.54. The summed E-state index contributed by atoms with van der Waals surface area (Å²) in [5.41, 5.74) is 0.905. The summed E-state index contributed by atoms with van der Waals surface area (Å²) in [4.78, 5) is 22.6. The predicted molar refractivity (Wildman–Crippen MR) is 49.7 cm³/mol. The minimum absolute atomic E-state index is 0.0311. The summed E-state index contributed by atoms with van der Waals surface area (Å²) in [6.07, 6.45) is 0. The summed E-state index contributed by atoms with van der Waals surface area (Å²) in [5.74, 6) is 0.0825. The van der Waals surface area contributed by atoms with Gasteiger partial charge in [-0.3, -0.25) is 9.59 Å². The Morgan fingerprint density at radius 1 is 1.50 bits per heavy atom. The highest BCUT2D eigenvalue weighted by atomic mass is 16.5. The number of carbonyl (C=O) groups excluding carboxylic acids is 2. The van der Waals surface area contributed by atoms with E-state index in [9.17, 15) is 9.59 Å². The normalized spacial score (nSPS) is 13.4. The third-order valence-electron chi connectivity index (χ3n) is 2.13. The quantitative estimate of drug-likeness (QED) is 0.708. The molecule has 0 aromatic heterocycles. The molecule has 2 rings (SSSR count). The molecule has 0 radical (unpaired) electrons. The number of ether oxygens (including phenoxy) is 1. The molecular formula is C10H9NO3. The molecule has 1 N–H and O–H groups in total.